The highest BCUT2D eigenvalue weighted by atomic mass is 16.5. The van der Waals surface area contributed by atoms with Crippen LogP contribution in [-0.2, 0) is 19.1 Å². The number of hydrogen-bond acceptors (Lipinski definition) is 4. The molecule has 0 saturated heterocycles. The Kier molecular flexibility index (Phi) is 4.45. The smallest absolute Gasteiger partial charge is 0.310 e. The number of esters is 2. The van der Waals surface area contributed by atoms with E-state index in [2.05, 4.69) is 27.7 Å². The molecule has 0 heterocycles. The minimum absolute atomic E-state index is 0.129. The van der Waals surface area contributed by atoms with Gasteiger partial charge in [0.15, 0.2) is 0 Å². The lowest BCUT2D eigenvalue weighted by Crippen LogP contribution is -2.38. The van der Waals surface area contributed by atoms with Crippen LogP contribution >= 0.6 is 0 Å². The van der Waals surface area contributed by atoms with Gasteiger partial charge in [0.1, 0.15) is 0 Å². The molecule has 0 aromatic heterocycles. The van der Waals surface area contributed by atoms with Gasteiger partial charge in [-0.2, -0.15) is 0 Å². The second-order valence-electron chi connectivity index (χ2n) is 6.77. The van der Waals surface area contributed by atoms with Crippen LogP contribution in [0.25, 0.3) is 0 Å². The third kappa shape index (κ3) is 2.39. The maximum Gasteiger partial charge on any atom is 0.310 e. The number of ether oxygens (including phenoxy) is 2. The molecule has 0 amide bonds. The van der Waals surface area contributed by atoms with E-state index in [1.807, 2.05) is 0 Å². The van der Waals surface area contributed by atoms with Crippen molar-refractivity contribution in [3.05, 3.63) is 11.1 Å². The highest BCUT2D eigenvalue weighted by Gasteiger charge is 2.59. The SMILES string of the molecule is COC(=O)C1C2CC(C(C(C)C)=C2C(C)C)C1C(=O)OC. The second-order valence-corrected chi connectivity index (χ2v) is 6.77. The van der Waals surface area contributed by atoms with Crippen LogP contribution in [0.1, 0.15) is 34.1 Å². The first-order valence-electron chi connectivity index (χ1n) is 7.74. The monoisotopic (exact) mass is 294 g/mol. The average Bonchev–Trinajstić information content (AvgIpc) is 3.00. The number of fused-ring (bicyclic) bond motifs is 2. The Labute approximate surface area is 126 Å². The van der Waals surface area contributed by atoms with Gasteiger partial charge in [0.25, 0.3) is 0 Å². The summed E-state index contributed by atoms with van der Waals surface area (Å²) in [5.74, 6) is -0.281. The van der Waals surface area contributed by atoms with E-state index < -0.39 is 0 Å². The van der Waals surface area contributed by atoms with Gasteiger partial charge in [0, 0.05) is 0 Å². The second kappa shape index (κ2) is 5.82. The van der Waals surface area contributed by atoms with Crippen LogP contribution in [0.2, 0.25) is 0 Å². The van der Waals surface area contributed by atoms with Crippen molar-refractivity contribution in [2.45, 2.75) is 34.1 Å². The van der Waals surface area contributed by atoms with Crippen molar-refractivity contribution in [3.63, 3.8) is 0 Å². The summed E-state index contributed by atoms with van der Waals surface area (Å²) in [7, 11) is 2.79. The molecule has 2 aliphatic rings. The first-order valence-corrected chi connectivity index (χ1v) is 7.74. The molecule has 0 aromatic carbocycles. The number of methoxy groups -OCH3 is 2. The van der Waals surface area contributed by atoms with E-state index in [9.17, 15) is 9.59 Å². The summed E-state index contributed by atoms with van der Waals surface area (Å²) in [6.07, 6.45) is 0.876. The summed E-state index contributed by atoms with van der Waals surface area (Å²) in [4.78, 5) is 24.5. The maximum absolute atomic E-state index is 12.2. The number of carbonyl (C=O) groups excluding carboxylic acids is 2. The van der Waals surface area contributed by atoms with Crippen molar-refractivity contribution in [1.29, 1.82) is 0 Å². The quantitative estimate of drug-likeness (QED) is 0.591. The van der Waals surface area contributed by atoms with E-state index in [-0.39, 0.29) is 35.6 Å². The zero-order valence-electron chi connectivity index (χ0n) is 13.8. The Morgan fingerprint density at radius 1 is 0.857 bits per heavy atom. The molecule has 4 atom stereocenters. The van der Waals surface area contributed by atoms with Crippen molar-refractivity contribution in [2.24, 2.45) is 35.5 Å². The van der Waals surface area contributed by atoms with Gasteiger partial charge in [-0.05, 0) is 30.1 Å². The van der Waals surface area contributed by atoms with Crippen LogP contribution in [0.5, 0.6) is 0 Å². The molecule has 1 saturated carbocycles. The first-order chi connectivity index (χ1) is 9.84. The molecule has 2 bridgehead atoms. The predicted molar refractivity (Wildman–Crippen MR) is 79.3 cm³/mol. The average molecular weight is 294 g/mol. The summed E-state index contributed by atoms with van der Waals surface area (Å²) in [6, 6.07) is 0. The van der Waals surface area contributed by atoms with Crippen LogP contribution in [-0.4, -0.2) is 26.2 Å². The molecule has 21 heavy (non-hydrogen) atoms. The molecule has 4 unspecified atom stereocenters. The lowest BCUT2D eigenvalue weighted by Gasteiger charge is -2.34. The lowest BCUT2D eigenvalue weighted by atomic mass is 9.70. The molecule has 4 nitrogen and oxygen atoms in total. The third-order valence-electron chi connectivity index (χ3n) is 5.08. The van der Waals surface area contributed by atoms with Crippen LogP contribution in [0, 0.1) is 35.5 Å². The Bertz CT molecular complexity index is 433. The molecule has 0 spiro atoms. The summed E-state index contributed by atoms with van der Waals surface area (Å²) >= 11 is 0. The molecule has 0 radical (unpaired) electrons. The molecule has 0 aliphatic heterocycles. The van der Waals surface area contributed by atoms with Crippen LogP contribution < -0.4 is 0 Å². The van der Waals surface area contributed by atoms with Crippen molar-refractivity contribution in [1.82, 2.24) is 0 Å². The zero-order valence-corrected chi connectivity index (χ0v) is 13.8. The molecule has 0 N–H and O–H groups in total. The number of allylic oxidation sites excluding steroid dienone is 2. The minimum Gasteiger partial charge on any atom is -0.469 e. The number of rotatable bonds is 4. The first kappa shape index (κ1) is 16.1. The van der Waals surface area contributed by atoms with Gasteiger partial charge in [-0.1, -0.05) is 38.8 Å². The van der Waals surface area contributed by atoms with E-state index in [0.29, 0.717) is 11.8 Å². The molecular weight excluding hydrogens is 268 g/mol. The fourth-order valence-corrected chi connectivity index (χ4v) is 4.55. The number of carbonyl (C=O) groups is 2. The van der Waals surface area contributed by atoms with Crippen LogP contribution in [0.4, 0.5) is 0 Å². The molecular formula is C17H26O4. The molecule has 1 fully saturated rings. The van der Waals surface area contributed by atoms with E-state index in [0.717, 1.165) is 6.42 Å². The topological polar surface area (TPSA) is 52.6 Å². The third-order valence-corrected chi connectivity index (χ3v) is 5.08. The highest BCUT2D eigenvalue weighted by Crippen LogP contribution is 2.59. The van der Waals surface area contributed by atoms with Gasteiger partial charge >= 0.3 is 11.9 Å². The standard InChI is InChI=1S/C17H26O4/c1-8(2)12-10-7-11(13(12)9(3)4)15(17(19)21-6)14(10)16(18)20-5/h8-11,14-15H,7H2,1-6H3. The van der Waals surface area contributed by atoms with E-state index in [4.69, 9.17) is 9.47 Å². The van der Waals surface area contributed by atoms with Crippen molar-refractivity contribution in [3.8, 4) is 0 Å². The molecule has 2 rings (SSSR count). The van der Waals surface area contributed by atoms with Crippen LogP contribution in [0.3, 0.4) is 0 Å². The van der Waals surface area contributed by atoms with E-state index >= 15 is 0 Å². The fourth-order valence-electron chi connectivity index (χ4n) is 4.55. The molecule has 4 heteroatoms. The summed E-state index contributed by atoms with van der Waals surface area (Å²) < 4.78 is 9.93. The Morgan fingerprint density at radius 3 is 1.43 bits per heavy atom. The van der Waals surface area contributed by atoms with E-state index in [1.54, 1.807) is 0 Å². The van der Waals surface area contributed by atoms with Gasteiger partial charge in [-0.25, -0.2) is 0 Å². The molecule has 118 valence electrons. The van der Waals surface area contributed by atoms with Gasteiger partial charge in [-0.15, -0.1) is 0 Å². The predicted octanol–water partition coefficient (Wildman–Crippen LogP) is 2.82. The normalized spacial score (nSPS) is 31.2. The van der Waals surface area contributed by atoms with Gasteiger partial charge in [0.05, 0.1) is 26.1 Å². The van der Waals surface area contributed by atoms with Gasteiger partial charge in [0.2, 0.25) is 0 Å². The van der Waals surface area contributed by atoms with Crippen LogP contribution in [0.15, 0.2) is 11.1 Å². The molecule has 2 aliphatic carbocycles. The molecule has 0 aromatic rings. The number of hydrogen-bond donors (Lipinski definition) is 0. The highest BCUT2D eigenvalue weighted by molar-refractivity contribution is 5.85. The van der Waals surface area contributed by atoms with Gasteiger partial charge < -0.3 is 9.47 Å². The Balaban J connectivity index is 2.51. The van der Waals surface area contributed by atoms with E-state index in [1.165, 1.54) is 25.4 Å². The Morgan fingerprint density at radius 2 is 1.19 bits per heavy atom. The Hall–Kier alpha value is -1.32. The largest absolute Gasteiger partial charge is 0.469 e. The fraction of sp³-hybridized carbons (Fsp3) is 0.765. The summed E-state index contributed by atoms with van der Waals surface area (Å²) in [5, 5.41) is 0. The van der Waals surface area contributed by atoms with Crippen molar-refractivity contribution in [2.75, 3.05) is 14.2 Å². The summed E-state index contributed by atoms with van der Waals surface area (Å²) in [5.41, 5.74) is 2.73. The summed E-state index contributed by atoms with van der Waals surface area (Å²) in [6.45, 7) is 8.67. The van der Waals surface area contributed by atoms with Crippen molar-refractivity contribution >= 4 is 11.9 Å². The lowest BCUT2D eigenvalue weighted by molar-refractivity contribution is -0.158. The zero-order chi connectivity index (χ0) is 15.9. The van der Waals surface area contributed by atoms with Gasteiger partial charge in [-0.3, -0.25) is 9.59 Å². The van der Waals surface area contributed by atoms with Crippen molar-refractivity contribution < 1.29 is 19.1 Å². The minimum atomic E-state index is -0.382. The maximum atomic E-state index is 12.2.